The lowest BCUT2D eigenvalue weighted by atomic mass is 10.0. The zero-order valence-corrected chi connectivity index (χ0v) is 15.8. The van der Waals surface area contributed by atoms with E-state index in [1.54, 1.807) is 0 Å². The van der Waals surface area contributed by atoms with Crippen LogP contribution in [0.15, 0.2) is 53.6 Å². The molecule has 0 unspecified atom stereocenters. The van der Waals surface area contributed by atoms with Gasteiger partial charge in [-0.15, -0.1) is 0 Å². The van der Waals surface area contributed by atoms with E-state index in [0.29, 0.717) is 5.56 Å². The van der Waals surface area contributed by atoms with Crippen molar-refractivity contribution in [3.8, 4) is 0 Å². The molecule has 0 aliphatic carbocycles. The molecule has 0 bridgehead atoms. The monoisotopic (exact) mass is 350 g/mol. The third kappa shape index (κ3) is 3.64. The van der Waals surface area contributed by atoms with E-state index in [4.69, 9.17) is 9.72 Å². The van der Waals surface area contributed by atoms with Crippen molar-refractivity contribution in [2.75, 3.05) is 25.1 Å². The lowest BCUT2D eigenvalue weighted by Gasteiger charge is -2.23. The summed E-state index contributed by atoms with van der Waals surface area (Å²) >= 11 is 0. The van der Waals surface area contributed by atoms with Crippen LogP contribution in [0.5, 0.6) is 0 Å². The van der Waals surface area contributed by atoms with Crippen molar-refractivity contribution in [1.82, 2.24) is 4.98 Å². The third-order valence-corrected chi connectivity index (χ3v) is 4.88. The molecule has 4 nitrogen and oxygen atoms in total. The number of esters is 1. The van der Waals surface area contributed by atoms with Gasteiger partial charge in [-0.3, -0.25) is 0 Å². The Morgan fingerprint density at radius 2 is 2.12 bits per heavy atom. The van der Waals surface area contributed by atoms with Crippen molar-refractivity contribution < 1.29 is 9.53 Å². The Labute approximate surface area is 155 Å². The Hall–Kier alpha value is -2.62. The zero-order valence-electron chi connectivity index (χ0n) is 15.8. The molecule has 3 rings (SSSR count). The third-order valence-electron chi connectivity index (χ3n) is 4.88. The molecule has 1 fully saturated rings. The highest BCUT2D eigenvalue weighted by molar-refractivity contribution is 6.04. The van der Waals surface area contributed by atoms with Crippen molar-refractivity contribution in [2.45, 2.75) is 33.1 Å². The van der Waals surface area contributed by atoms with Crippen molar-refractivity contribution in [3.63, 3.8) is 0 Å². The summed E-state index contributed by atoms with van der Waals surface area (Å²) in [6.07, 6.45) is 7.73. The fraction of sp³-hybridized carbons (Fsp3) is 0.364. The summed E-state index contributed by atoms with van der Waals surface area (Å²) in [5.41, 5.74) is 4.18. The van der Waals surface area contributed by atoms with Crippen molar-refractivity contribution in [1.29, 1.82) is 0 Å². The molecule has 0 saturated carbocycles. The van der Waals surface area contributed by atoms with E-state index in [-0.39, 0.29) is 5.97 Å². The molecule has 0 amide bonds. The number of pyridine rings is 1. The second kappa shape index (κ2) is 8.17. The van der Waals surface area contributed by atoms with Crippen molar-refractivity contribution in [3.05, 3.63) is 59.2 Å². The number of carbonyl (C=O) groups excluding carboxylic acids is 1. The Morgan fingerprint density at radius 1 is 1.31 bits per heavy atom. The van der Waals surface area contributed by atoms with Crippen LogP contribution in [-0.4, -0.2) is 31.2 Å². The van der Waals surface area contributed by atoms with Gasteiger partial charge < -0.3 is 9.64 Å². The Balaban J connectivity index is 2.04. The number of anilines is 1. The van der Waals surface area contributed by atoms with Crippen LogP contribution in [0.25, 0.3) is 10.9 Å². The van der Waals surface area contributed by atoms with Gasteiger partial charge in [0.2, 0.25) is 0 Å². The number of methoxy groups -OCH3 is 1. The van der Waals surface area contributed by atoms with Gasteiger partial charge in [0, 0.05) is 18.5 Å². The van der Waals surface area contributed by atoms with Crippen LogP contribution in [0.1, 0.15) is 43.5 Å². The fourth-order valence-corrected chi connectivity index (χ4v) is 3.56. The second-order valence-electron chi connectivity index (χ2n) is 6.51. The van der Waals surface area contributed by atoms with E-state index in [1.165, 1.54) is 18.3 Å². The molecule has 26 heavy (non-hydrogen) atoms. The average molecular weight is 350 g/mol. The van der Waals surface area contributed by atoms with Gasteiger partial charge in [0.15, 0.2) is 0 Å². The smallest absolute Gasteiger partial charge is 0.338 e. The van der Waals surface area contributed by atoms with E-state index in [0.717, 1.165) is 49.1 Å². The molecule has 4 heteroatoms. The lowest BCUT2D eigenvalue weighted by Crippen LogP contribution is -2.26. The van der Waals surface area contributed by atoms with E-state index < -0.39 is 0 Å². The first-order valence-corrected chi connectivity index (χ1v) is 9.25. The van der Waals surface area contributed by atoms with E-state index in [9.17, 15) is 4.79 Å². The van der Waals surface area contributed by atoms with Crippen LogP contribution in [0.4, 0.5) is 5.82 Å². The summed E-state index contributed by atoms with van der Waals surface area (Å²) < 4.78 is 5.00. The molecule has 2 heterocycles. The number of ether oxygens (including phenoxy) is 1. The average Bonchev–Trinajstić information content (AvgIpc) is 2.89. The highest BCUT2D eigenvalue weighted by Gasteiger charge is 2.20. The molecule has 1 aliphatic rings. The second-order valence-corrected chi connectivity index (χ2v) is 6.51. The number of para-hydroxylation sites is 1. The predicted molar refractivity (Wildman–Crippen MR) is 107 cm³/mol. The van der Waals surface area contributed by atoms with Crippen LogP contribution in [0, 0.1) is 0 Å². The first kappa shape index (κ1) is 18.2. The van der Waals surface area contributed by atoms with Gasteiger partial charge in [-0.05, 0) is 49.5 Å². The minimum absolute atomic E-state index is 0.322. The molecule has 2 aromatic rings. The molecule has 1 saturated heterocycles. The van der Waals surface area contributed by atoms with Crippen molar-refractivity contribution >= 4 is 22.7 Å². The van der Waals surface area contributed by atoms with Gasteiger partial charge in [-0.25, -0.2) is 9.78 Å². The molecule has 1 aromatic heterocycles. The standard InChI is InChI=1S/C22H26N2O2/c1-4-9-17-10-8-13-24(15-16(17)5-2)21-14-19(22(25)26-3)18-11-6-7-12-20(18)23-21/h5-7,9,11-12,14H,4,8,10,13,15H2,1-3H3/b16-5-,17-9-. The molecule has 1 aromatic carbocycles. The fourth-order valence-electron chi connectivity index (χ4n) is 3.56. The van der Waals surface area contributed by atoms with Gasteiger partial charge in [0.1, 0.15) is 5.82 Å². The maximum absolute atomic E-state index is 12.3. The minimum Gasteiger partial charge on any atom is -0.465 e. The number of hydrogen-bond donors (Lipinski definition) is 0. The number of benzene rings is 1. The van der Waals surface area contributed by atoms with Crippen LogP contribution >= 0.6 is 0 Å². The van der Waals surface area contributed by atoms with Gasteiger partial charge in [0.05, 0.1) is 18.2 Å². The largest absolute Gasteiger partial charge is 0.465 e. The number of allylic oxidation sites excluding steroid dienone is 2. The summed E-state index contributed by atoms with van der Waals surface area (Å²) in [6.45, 7) is 6.01. The highest BCUT2D eigenvalue weighted by atomic mass is 16.5. The van der Waals surface area contributed by atoms with E-state index in [1.807, 2.05) is 30.3 Å². The van der Waals surface area contributed by atoms with E-state index >= 15 is 0 Å². The van der Waals surface area contributed by atoms with Gasteiger partial charge in [-0.2, -0.15) is 0 Å². The summed E-state index contributed by atoms with van der Waals surface area (Å²) in [6, 6.07) is 9.60. The molecular weight excluding hydrogens is 324 g/mol. The summed E-state index contributed by atoms with van der Waals surface area (Å²) in [7, 11) is 1.42. The number of rotatable bonds is 3. The maximum atomic E-state index is 12.3. The van der Waals surface area contributed by atoms with Crippen LogP contribution in [0.3, 0.4) is 0 Å². The first-order valence-electron chi connectivity index (χ1n) is 9.25. The summed E-state index contributed by atoms with van der Waals surface area (Å²) in [5.74, 6) is 0.513. The summed E-state index contributed by atoms with van der Waals surface area (Å²) in [5, 5.41) is 0.829. The Kier molecular flexibility index (Phi) is 5.71. The normalized spacial score (nSPS) is 18.3. The van der Waals surface area contributed by atoms with Gasteiger partial charge in [0.25, 0.3) is 0 Å². The molecule has 0 atom stereocenters. The van der Waals surface area contributed by atoms with Crippen LogP contribution in [-0.2, 0) is 4.74 Å². The van der Waals surface area contributed by atoms with Crippen molar-refractivity contribution in [2.24, 2.45) is 0 Å². The maximum Gasteiger partial charge on any atom is 0.338 e. The number of hydrogen-bond acceptors (Lipinski definition) is 4. The number of nitrogens with zero attached hydrogens (tertiary/aromatic N) is 2. The zero-order chi connectivity index (χ0) is 18.5. The molecule has 0 N–H and O–H groups in total. The molecular formula is C22H26N2O2. The van der Waals surface area contributed by atoms with Crippen LogP contribution in [0.2, 0.25) is 0 Å². The SMILES string of the molecule is C/C=C1/CN(c2cc(C(=O)OC)c3ccccc3n2)CCC/C1=C/CC. The molecule has 136 valence electrons. The number of aromatic nitrogens is 1. The first-order chi connectivity index (χ1) is 12.7. The number of carbonyl (C=O) groups is 1. The Bertz CT molecular complexity index is 868. The quantitative estimate of drug-likeness (QED) is 0.738. The van der Waals surface area contributed by atoms with Crippen LogP contribution < -0.4 is 4.90 Å². The number of fused-ring (bicyclic) bond motifs is 1. The minimum atomic E-state index is -0.322. The lowest BCUT2D eigenvalue weighted by molar-refractivity contribution is 0.0603. The predicted octanol–water partition coefficient (Wildman–Crippen LogP) is 4.90. The topological polar surface area (TPSA) is 42.4 Å². The molecule has 1 aliphatic heterocycles. The van der Waals surface area contributed by atoms with E-state index in [2.05, 4.69) is 30.9 Å². The highest BCUT2D eigenvalue weighted by Crippen LogP contribution is 2.28. The summed E-state index contributed by atoms with van der Waals surface area (Å²) in [4.78, 5) is 19.4. The van der Waals surface area contributed by atoms with Gasteiger partial charge in [-0.1, -0.05) is 37.3 Å². The molecule has 0 spiro atoms. The Morgan fingerprint density at radius 3 is 2.85 bits per heavy atom. The van der Waals surface area contributed by atoms with Gasteiger partial charge >= 0.3 is 5.97 Å². The molecule has 0 radical (unpaired) electrons.